The van der Waals surface area contributed by atoms with Gasteiger partial charge in [0.25, 0.3) is 11.5 Å². The van der Waals surface area contributed by atoms with Crippen molar-refractivity contribution in [3.05, 3.63) is 57.9 Å². The van der Waals surface area contributed by atoms with Gasteiger partial charge in [0, 0.05) is 51.2 Å². The molecule has 3 heterocycles. The topological polar surface area (TPSA) is 71.3 Å². The molecule has 1 amide bonds. The molecule has 1 saturated heterocycles. The average Bonchev–Trinajstić information content (AvgIpc) is 3.20. The van der Waals surface area contributed by atoms with Crippen molar-refractivity contribution < 1.29 is 4.79 Å². The number of carbonyl (C=O) groups excluding carboxylic acids is 1. The van der Waals surface area contributed by atoms with E-state index >= 15 is 0 Å². The van der Waals surface area contributed by atoms with Crippen molar-refractivity contribution in [2.45, 2.75) is 25.3 Å². The fourth-order valence-electron chi connectivity index (χ4n) is 3.97. The predicted molar refractivity (Wildman–Crippen MR) is 104 cm³/mol. The smallest absolute Gasteiger partial charge is 0.255 e. The molecular formula is C20H23N5O2. The van der Waals surface area contributed by atoms with E-state index in [-0.39, 0.29) is 17.5 Å². The van der Waals surface area contributed by atoms with Gasteiger partial charge in [0.2, 0.25) is 0 Å². The lowest BCUT2D eigenvalue weighted by Crippen LogP contribution is -2.46. The number of pyridine rings is 1. The van der Waals surface area contributed by atoms with Gasteiger partial charge in [0.15, 0.2) is 0 Å². The molecule has 1 fully saturated rings. The summed E-state index contributed by atoms with van der Waals surface area (Å²) in [5.41, 5.74) is 2.10. The van der Waals surface area contributed by atoms with Gasteiger partial charge < -0.3 is 14.4 Å². The van der Waals surface area contributed by atoms with Crippen molar-refractivity contribution >= 4 is 17.8 Å². The summed E-state index contributed by atoms with van der Waals surface area (Å²) in [6, 6.07) is 2.09. The van der Waals surface area contributed by atoms with Crippen molar-refractivity contribution in [3.63, 3.8) is 0 Å². The number of aromatic nitrogens is 3. The second-order valence-corrected chi connectivity index (χ2v) is 7.16. The van der Waals surface area contributed by atoms with Crippen LogP contribution in [0.1, 0.15) is 34.3 Å². The zero-order chi connectivity index (χ0) is 19.0. The summed E-state index contributed by atoms with van der Waals surface area (Å²) in [6.07, 6.45) is 11.2. The molecule has 4 rings (SSSR count). The largest absolute Gasteiger partial charge is 0.356 e. The molecule has 0 unspecified atom stereocenters. The van der Waals surface area contributed by atoms with Crippen LogP contribution in [0.3, 0.4) is 0 Å². The number of anilines is 1. The summed E-state index contributed by atoms with van der Waals surface area (Å²) in [4.78, 5) is 37.8. The minimum absolute atomic E-state index is 0.0195. The first kappa shape index (κ1) is 17.5. The molecule has 0 atom stereocenters. The fourth-order valence-corrected chi connectivity index (χ4v) is 3.97. The Morgan fingerprint density at radius 1 is 1.30 bits per heavy atom. The highest BCUT2D eigenvalue weighted by Crippen LogP contribution is 2.25. The van der Waals surface area contributed by atoms with Crippen LogP contribution in [0.4, 0.5) is 5.82 Å². The molecular weight excluding hydrogens is 342 g/mol. The van der Waals surface area contributed by atoms with Crippen LogP contribution in [0, 0.1) is 0 Å². The zero-order valence-electron chi connectivity index (χ0n) is 15.6. The lowest BCUT2D eigenvalue weighted by Gasteiger charge is -2.37. The average molecular weight is 365 g/mol. The second kappa shape index (κ2) is 6.98. The van der Waals surface area contributed by atoms with Gasteiger partial charge in [-0.05, 0) is 30.9 Å². The summed E-state index contributed by atoms with van der Waals surface area (Å²) in [5, 5.41) is 0. The van der Waals surface area contributed by atoms with E-state index in [9.17, 15) is 9.59 Å². The van der Waals surface area contributed by atoms with E-state index in [4.69, 9.17) is 0 Å². The monoisotopic (exact) mass is 365 g/mol. The van der Waals surface area contributed by atoms with Gasteiger partial charge in [0.05, 0.1) is 5.56 Å². The van der Waals surface area contributed by atoms with E-state index < -0.39 is 0 Å². The Hall–Kier alpha value is -2.96. The van der Waals surface area contributed by atoms with Gasteiger partial charge in [-0.3, -0.25) is 9.59 Å². The number of piperidine rings is 1. The summed E-state index contributed by atoms with van der Waals surface area (Å²) >= 11 is 0. The minimum Gasteiger partial charge on any atom is -0.356 e. The molecule has 0 saturated carbocycles. The van der Waals surface area contributed by atoms with Crippen LogP contribution < -0.4 is 10.5 Å². The van der Waals surface area contributed by atoms with E-state index in [0.717, 1.165) is 42.9 Å². The van der Waals surface area contributed by atoms with Gasteiger partial charge in [-0.1, -0.05) is 12.2 Å². The van der Waals surface area contributed by atoms with Crippen LogP contribution in [-0.4, -0.2) is 51.5 Å². The molecule has 2 aromatic heterocycles. The number of carbonyl (C=O) groups is 1. The molecule has 7 nitrogen and oxygen atoms in total. The second-order valence-electron chi connectivity index (χ2n) is 7.16. The molecule has 2 aliphatic rings. The predicted octanol–water partition coefficient (Wildman–Crippen LogP) is 1.49. The van der Waals surface area contributed by atoms with Crippen molar-refractivity contribution in [1.82, 2.24) is 19.4 Å². The lowest BCUT2D eigenvalue weighted by atomic mass is 10.0. The third kappa shape index (κ3) is 3.13. The van der Waals surface area contributed by atoms with Gasteiger partial charge >= 0.3 is 0 Å². The van der Waals surface area contributed by atoms with E-state index in [1.54, 1.807) is 25.8 Å². The van der Waals surface area contributed by atoms with Crippen LogP contribution in [0.25, 0.3) is 6.08 Å². The van der Waals surface area contributed by atoms with E-state index in [0.29, 0.717) is 12.0 Å². The van der Waals surface area contributed by atoms with Crippen molar-refractivity contribution in [1.29, 1.82) is 0 Å². The van der Waals surface area contributed by atoms with Crippen molar-refractivity contribution in [3.8, 4) is 0 Å². The fraction of sp³-hybridized carbons (Fsp3) is 0.400. The van der Waals surface area contributed by atoms with Crippen LogP contribution in [0.5, 0.6) is 0 Å². The SMILES string of the molecule is CN(C(=O)c1cn(C)c(=O)c2c1C=CC2)C1CCN(c2ccncn2)CC1. The molecule has 27 heavy (non-hydrogen) atoms. The standard InChI is InChI=1S/C20H23N5O2/c1-23-12-17(15-4-3-5-16(15)19(23)26)20(27)24(2)14-7-10-25(11-8-14)18-6-9-21-13-22-18/h3-4,6,9,12-14H,5,7-8,10-11H2,1-2H3. The van der Waals surface area contributed by atoms with Crippen LogP contribution in [0.15, 0.2) is 35.7 Å². The normalized spacial score (nSPS) is 16.4. The Kier molecular flexibility index (Phi) is 4.51. The van der Waals surface area contributed by atoms with Gasteiger partial charge in [-0.2, -0.15) is 0 Å². The van der Waals surface area contributed by atoms with Gasteiger partial charge in [-0.25, -0.2) is 9.97 Å². The Morgan fingerprint density at radius 2 is 2.07 bits per heavy atom. The quantitative estimate of drug-likeness (QED) is 0.824. The zero-order valence-corrected chi connectivity index (χ0v) is 15.6. The first-order valence-corrected chi connectivity index (χ1v) is 9.23. The number of amides is 1. The van der Waals surface area contributed by atoms with Gasteiger partial charge in [0.1, 0.15) is 12.1 Å². The molecule has 0 N–H and O–H groups in total. The van der Waals surface area contributed by atoms with Crippen LogP contribution in [0.2, 0.25) is 0 Å². The molecule has 7 heteroatoms. The summed E-state index contributed by atoms with van der Waals surface area (Å²) in [6.45, 7) is 1.70. The molecule has 1 aliphatic carbocycles. The van der Waals surface area contributed by atoms with Gasteiger partial charge in [-0.15, -0.1) is 0 Å². The summed E-state index contributed by atoms with van der Waals surface area (Å²) in [7, 11) is 3.57. The molecule has 1 aliphatic heterocycles. The number of hydrogen-bond donors (Lipinski definition) is 0. The number of fused-ring (bicyclic) bond motifs is 1. The lowest BCUT2D eigenvalue weighted by molar-refractivity contribution is 0.0708. The Balaban J connectivity index is 1.50. The molecule has 0 bridgehead atoms. The van der Waals surface area contributed by atoms with Crippen LogP contribution in [-0.2, 0) is 13.5 Å². The van der Waals surface area contributed by atoms with E-state index in [1.807, 2.05) is 30.2 Å². The Bertz CT molecular complexity index is 943. The molecule has 0 spiro atoms. The maximum Gasteiger partial charge on any atom is 0.255 e. The highest BCUT2D eigenvalue weighted by atomic mass is 16.2. The maximum atomic E-state index is 13.2. The summed E-state index contributed by atoms with van der Waals surface area (Å²) < 4.78 is 1.52. The maximum absolute atomic E-state index is 13.2. The number of rotatable bonds is 3. The first-order chi connectivity index (χ1) is 13.1. The number of hydrogen-bond acceptors (Lipinski definition) is 5. The van der Waals surface area contributed by atoms with E-state index in [1.165, 1.54) is 4.57 Å². The summed E-state index contributed by atoms with van der Waals surface area (Å²) in [5.74, 6) is 0.910. The highest BCUT2D eigenvalue weighted by Gasteiger charge is 2.29. The molecule has 140 valence electrons. The Labute approximate surface area is 158 Å². The Morgan fingerprint density at radius 3 is 2.78 bits per heavy atom. The van der Waals surface area contributed by atoms with Crippen molar-refractivity contribution in [2.24, 2.45) is 7.05 Å². The minimum atomic E-state index is -0.0210. The number of nitrogens with zero attached hydrogens (tertiary/aromatic N) is 5. The molecule has 0 aromatic carbocycles. The van der Waals surface area contributed by atoms with Crippen LogP contribution >= 0.6 is 0 Å². The molecule has 2 aromatic rings. The van der Waals surface area contributed by atoms with E-state index in [2.05, 4.69) is 14.9 Å². The number of allylic oxidation sites excluding steroid dienone is 1. The number of aryl methyl sites for hydroxylation is 1. The van der Waals surface area contributed by atoms with Crippen molar-refractivity contribution in [2.75, 3.05) is 25.0 Å². The first-order valence-electron chi connectivity index (χ1n) is 9.23. The molecule has 0 radical (unpaired) electrons. The third-order valence-electron chi connectivity index (χ3n) is 5.58. The third-order valence-corrected chi connectivity index (χ3v) is 5.58. The highest BCUT2D eigenvalue weighted by molar-refractivity contribution is 5.98.